The van der Waals surface area contributed by atoms with Crippen LogP contribution in [0, 0.1) is 5.82 Å². The van der Waals surface area contributed by atoms with E-state index in [0.29, 0.717) is 12.2 Å². The van der Waals surface area contributed by atoms with Crippen molar-refractivity contribution in [2.75, 3.05) is 0 Å². The van der Waals surface area contributed by atoms with E-state index in [4.69, 9.17) is 0 Å². The van der Waals surface area contributed by atoms with Gasteiger partial charge in [-0.3, -0.25) is 0 Å². The molecule has 0 saturated carbocycles. The van der Waals surface area contributed by atoms with Crippen molar-refractivity contribution >= 4 is 0 Å². The summed E-state index contributed by atoms with van der Waals surface area (Å²) in [5.74, 6) is 0.388. The van der Waals surface area contributed by atoms with Gasteiger partial charge >= 0.3 is 0 Å². The molecule has 0 amide bonds. The minimum Gasteiger partial charge on any atom is -0.342 e. The van der Waals surface area contributed by atoms with Crippen molar-refractivity contribution in [3.63, 3.8) is 0 Å². The molecule has 3 nitrogen and oxygen atoms in total. The van der Waals surface area contributed by atoms with Gasteiger partial charge in [-0.1, -0.05) is 0 Å². The third-order valence-electron chi connectivity index (χ3n) is 2.25. The molecule has 2 aromatic rings. The van der Waals surface area contributed by atoms with Crippen LogP contribution < -0.4 is 0 Å². The molecule has 0 saturated heterocycles. The number of nitrogens with zero attached hydrogens (tertiary/aromatic N) is 1. The number of hydrogen-bond acceptors (Lipinski definition) is 1. The number of aromatic amines is 1. The lowest BCUT2D eigenvalue weighted by Crippen LogP contribution is -2.02. The topological polar surface area (TPSA) is 48.6 Å². The van der Waals surface area contributed by atoms with Gasteiger partial charge in [0, 0.05) is 23.9 Å². The molecule has 2 rings (SSSR count). The van der Waals surface area contributed by atoms with E-state index < -0.39 is 6.10 Å². The molecule has 1 aromatic carbocycles. The van der Waals surface area contributed by atoms with E-state index >= 15 is 0 Å². The standard InChI is InChI=1S/C12H12FN2O/c1-8(16)6-11-7-14-12(15-11)9-2-4-10(13)5-3-9/h2-5,7-8H,6H2,1H3,(H,14,15). The average Bonchev–Trinajstić information content (AvgIpc) is 2.66. The van der Waals surface area contributed by atoms with Gasteiger partial charge in [0.05, 0.1) is 6.10 Å². The summed E-state index contributed by atoms with van der Waals surface area (Å²) in [6.07, 6.45) is 1.42. The van der Waals surface area contributed by atoms with Gasteiger partial charge in [0.15, 0.2) is 0 Å². The molecule has 1 aromatic heterocycles. The first-order chi connectivity index (χ1) is 7.65. The van der Waals surface area contributed by atoms with E-state index in [9.17, 15) is 9.50 Å². The van der Waals surface area contributed by atoms with Crippen LogP contribution in [0.1, 0.15) is 12.6 Å². The first-order valence-electron chi connectivity index (χ1n) is 5.11. The highest BCUT2D eigenvalue weighted by atomic mass is 19.1. The number of hydrogen-bond donors (Lipinski definition) is 1. The predicted octanol–water partition coefficient (Wildman–Crippen LogP) is 2.58. The third-order valence-corrected chi connectivity index (χ3v) is 2.25. The van der Waals surface area contributed by atoms with E-state index in [1.54, 1.807) is 25.3 Å². The van der Waals surface area contributed by atoms with Crippen LogP contribution in [0.25, 0.3) is 11.4 Å². The molecule has 1 N–H and O–H groups in total. The average molecular weight is 219 g/mol. The van der Waals surface area contributed by atoms with Gasteiger partial charge in [-0.15, -0.1) is 0 Å². The highest BCUT2D eigenvalue weighted by molar-refractivity contribution is 5.54. The maximum absolute atomic E-state index is 12.7. The van der Waals surface area contributed by atoms with Crippen LogP contribution >= 0.6 is 0 Å². The zero-order valence-electron chi connectivity index (χ0n) is 8.90. The Morgan fingerprint density at radius 3 is 2.69 bits per heavy atom. The minimum atomic E-state index is -0.651. The molecule has 0 aliphatic rings. The Kier molecular flexibility index (Phi) is 3.01. The molecule has 0 fully saturated rings. The molecule has 0 aliphatic carbocycles. The minimum absolute atomic E-state index is 0.274. The Labute approximate surface area is 93.0 Å². The van der Waals surface area contributed by atoms with Crippen molar-refractivity contribution in [3.8, 4) is 11.4 Å². The summed E-state index contributed by atoms with van der Waals surface area (Å²) < 4.78 is 12.7. The monoisotopic (exact) mass is 219 g/mol. The van der Waals surface area contributed by atoms with E-state index in [2.05, 4.69) is 9.97 Å². The molecule has 1 radical (unpaired) electrons. The molecule has 1 heterocycles. The Balaban J connectivity index is 2.21. The smallest absolute Gasteiger partial charge is 0.137 e. The lowest BCUT2D eigenvalue weighted by atomic mass is 10.2. The molecule has 16 heavy (non-hydrogen) atoms. The fourth-order valence-electron chi connectivity index (χ4n) is 1.53. The quantitative estimate of drug-likeness (QED) is 0.847. The second kappa shape index (κ2) is 4.45. The van der Waals surface area contributed by atoms with Crippen molar-refractivity contribution in [2.45, 2.75) is 19.4 Å². The number of rotatable bonds is 3. The predicted molar refractivity (Wildman–Crippen MR) is 57.8 cm³/mol. The molecule has 0 aliphatic heterocycles. The third kappa shape index (κ3) is 2.46. The lowest BCUT2D eigenvalue weighted by molar-refractivity contribution is 0.105. The van der Waals surface area contributed by atoms with Gasteiger partial charge in [-0.2, -0.15) is 0 Å². The zero-order chi connectivity index (χ0) is 11.5. The van der Waals surface area contributed by atoms with Crippen LogP contribution in [0.15, 0.2) is 30.5 Å². The second-order valence-electron chi connectivity index (χ2n) is 3.78. The Hall–Kier alpha value is -1.68. The van der Waals surface area contributed by atoms with Crippen LogP contribution in [-0.2, 0) is 11.5 Å². The number of nitrogens with one attached hydrogen (secondary N) is 1. The maximum atomic E-state index is 12.7. The largest absolute Gasteiger partial charge is 0.342 e. The molecule has 83 valence electrons. The summed E-state index contributed by atoms with van der Waals surface area (Å²) in [5.41, 5.74) is 1.62. The first-order valence-corrected chi connectivity index (χ1v) is 5.11. The number of halogens is 1. The van der Waals surface area contributed by atoms with E-state index in [0.717, 1.165) is 11.3 Å². The normalized spacial score (nSPS) is 12.7. The van der Waals surface area contributed by atoms with Crippen LogP contribution in [0.3, 0.4) is 0 Å². The zero-order valence-corrected chi connectivity index (χ0v) is 8.90. The first kappa shape index (κ1) is 10.8. The number of aromatic nitrogens is 2. The van der Waals surface area contributed by atoms with Gasteiger partial charge in [-0.05, 0) is 31.2 Å². The molecule has 0 spiro atoms. The number of imidazole rings is 1. The van der Waals surface area contributed by atoms with Crippen molar-refractivity contribution in [1.29, 1.82) is 0 Å². The molecule has 4 heteroatoms. The molecular weight excluding hydrogens is 207 g/mol. The highest BCUT2D eigenvalue weighted by Gasteiger charge is 2.06. The SMILES string of the molecule is CC([O])Cc1cnc(-c2ccc(F)cc2)[nH]1. The summed E-state index contributed by atoms with van der Waals surface area (Å²) in [6.45, 7) is 1.61. The lowest BCUT2D eigenvalue weighted by Gasteiger charge is -1.98. The van der Waals surface area contributed by atoms with Crippen molar-refractivity contribution in [2.24, 2.45) is 0 Å². The van der Waals surface area contributed by atoms with Gasteiger partial charge in [0.2, 0.25) is 0 Å². The Morgan fingerprint density at radius 2 is 2.06 bits per heavy atom. The van der Waals surface area contributed by atoms with Gasteiger partial charge in [-0.25, -0.2) is 14.5 Å². The number of H-pyrrole nitrogens is 1. The molecule has 0 bridgehead atoms. The maximum Gasteiger partial charge on any atom is 0.137 e. The Bertz CT molecular complexity index is 462. The van der Waals surface area contributed by atoms with E-state index in [-0.39, 0.29) is 5.82 Å². The second-order valence-corrected chi connectivity index (χ2v) is 3.78. The fraction of sp³-hybridized carbons (Fsp3) is 0.250. The summed E-state index contributed by atoms with van der Waals surface area (Å²) in [5, 5.41) is 11.0. The van der Waals surface area contributed by atoms with Gasteiger partial charge in [0.25, 0.3) is 0 Å². The van der Waals surface area contributed by atoms with E-state index in [1.807, 2.05) is 0 Å². The van der Waals surface area contributed by atoms with Crippen molar-refractivity contribution < 1.29 is 9.50 Å². The molecular formula is C12H12FN2O. The van der Waals surface area contributed by atoms with Crippen LogP contribution in [0.5, 0.6) is 0 Å². The summed E-state index contributed by atoms with van der Waals surface area (Å²) >= 11 is 0. The fourth-order valence-corrected chi connectivity index (χ4v) is 1.53. The van der Waals surface area contributed by atoms with E-state index in [1.165, 1.54) is 12.1 Å². The molecule has 1 atom stereocenters. The molecule has 1 unspecified atom stereocenters. The van der Waals surface area contributed by atoms with Gasteiger partial charge < -0.3 is 4.98 Å². The summed E-state index contributed by atoms with van der Waals surface area (Å²) in [6, 6.07) is 6.07. The number of benzene rings is 1. The van der Waals surface area contributed by atoms with Crippen LogP contribution in [0.4, 0.5) is 4.39 Å². The van der Waals surface area contributed by atoms with Crippen molar-refractivity contribution in [3.05, 3.63) is 42.0 Å². The van der Waals surface area contributed by atoms with Crippen molar-refractivity contribution in [1.82, 2.24) is 9.97 Å². The van der Waals surface area contributed by atoms with Crippen LogP contribution in [0.2, 0.25) is 0 Å². The van der Waals surface area contributed by atoms with Gasteiger partial charge in [0.1, 0.15) is 11.6 Å². The highest BCUT2D eigenvalue weighted by Crippen LogP contribution is 2.16. The Morgan fingerprint density at radius 1 is 1.38 bits per heavy atom. The summed E-state index contributed by atoms with van der Waals surface area (Å²) in [7, 11) is 0. The summed E-state index contributed by atoms with van der Waals surface area (Å²) in [4.78, 5) is 7.20. The van der Waals surface area contributed by atoms with Crippen LogP contribution in [-0.4, -0.2) is 16.1 Å².